The molecule has 3 heterocycles. The maximum absolute atomic E-state index is 12.8. The molecule has 1 saturated heterocycles. The zero-order chi connectivity index (χ0) is 22.5. The Labute approximate surface area is 191 Å². The molecule has 0 unspecified atom stereocenters. The number of hydrogen-bond acceptors (Lipinski definition) is 7. The van der Waals surface area contributed by atoms with Gasteiger partial charge < -0.3 is 21.1 Å². The van der Waals surface area contributed by atoms with Crippen LogP contribution in [0.5, 0.6) is 0 Å². The molecule has 1 amide bonds. The van der Waals surface area contributed by atoms with Crippen molar-refractivity contribution in [2.24, 2.45) is 5.73 Å². The summed E-state index contributed by atoms with van der Waals surface area (Å²) in [6, 6.07) is 7.17. The largest absolute Gasteiger partial charge is 0.381 e. The van der Waals surface area contributed by atoms with Gasteiger partial charge in [0.05, 0.1) is 6.04 Å². The highest BCUT2D eigenvalue weighted by molar-refractivity contribution is 6.30. The maximum Gasteiger partial charge on any atom is 0.272 e. The molecule has 0 radical (unpaired) electrons. The van der Waals surface area contributed by atoms with Gasteiger partial charge in [-0.2, -0.15) is 4.98 Å². The van der Waals surface area contributed by atoms with Gasteiger partial charge in [-0.1, -0.05) is 23.7 Å². The topological polar surface area (TPSA) is 120 Å². The van der Waals surface area contributed by atoms with Crippen LogP contribution in [0, 0.1) is 6.92 Å². The van der Waals surface area contributed by atoms with E-state index in [0.717, 1.165) is 37.2 Å². The highest BCUT2D eigenvalue weighted by Crippen LogP contribution is 2.19. The molecule has 1 atom stereocenters. The fourth-order valence-corrected chi connectivity index (χ4v) is 3.78. The highest BCUT2D eigenvalue weighted by Gasteiger charge is 2.19. The molecule has 4 N–H and O–H groups in total. The summed E-state index contributed by atoms with van der Waals surface area (Å²) in [7, 11) is 0. The van der Waals surface area contributed by atoms with Crippen LogP contribution < -0.4 is 16.4 Å². The van der Waals surface area contributed by atoms with Crippen LogP contribution in [0.15, 0.2) is 43.0 Å². The first-order valence-corrected chi connectivity index (χ1v) is 10.9. The Morgan fingerprint density at radius 3 is 2.91 bits per heavy atom. The minimum atomic E-state index is -0.373. The number of hydrogen-bond donors (Lipinski definition) is 3. The second-order valence-corrected chi connectivity index (χ2v) is 8.15. The summed E-state index contributed by atoms with van der Waals surface area (Å²) in [5.74, 6) is 0.874. The number of halogens is 1. The second kappa shape index (κ2) is 10.1. The van der Waals surface area contributed by atoms with Crippen molar-refractivity contribution in [3.63, 3.8) is 0 Å². The number of nitrogens with two attached hydrogens (primary N) is 1. The third-order valence-corrected chi connectivity index (χ3v) is 5.59. The van der Waals surface area contributed by atoms with Gasteiger partial charge in [0.15, 0.2) is 0 Å². The minimum absolute atomic E-state index is 0.235. The van der Waals surface area contributed by atoms with Crippen LogP contribution in [0.1, 0.15) is 40.5 Å². The first-order chi connectivity index (χ1) is 15.5. The third kappa shape index (κ3) is 5.24. The number of imidazole rings is 1. The summed E-state index contributed by atoms with van der Waals surface area (Å²) in [6.45, 7) is 3.61. The molecule has 0 saturated carbocycles. The lowest BCUT2D eigenvalue weighted by molar-refractivity contribution is 0.0903. The standard InChI is InChI=1S/C22H26ClN7O2/c1-14-11-25-22(27-17-5-7-32-8-6-17)29-20(14)30-12-19(26-13-30)21(31)28-18(10-24)15-3-2-4-16(23)9-15/h2-4,9,11-13,17-18H,5-8,10,24H2,1H3,(H,28,31)(H,25,27,29)/t18-/m0/s1. The predicted octanol–water partition coefficient (Wildman–Crippen LogP) is 2.64. The van der Waals surface area contributed by atoms with Crippen LogP contribution in [0.25, 0.3) is 5.82 Å². The lowest BCUT2D eigenvalue weighted by Gasteiger charge is -2.23. The summed E-state index contributed by atoms with van der Waals surface area (Å²) < 4.78 is 7.12. The van der Waals surface area contributed by atoms with Crippen LogP contribution in [0.4, 0.5) is 5.95 Å². The van der Waals surface area contributed by atoms with Gasteiger partial charge in [-0.3, -0.25) is 9.36 Å². The number of carbonyl (C=O) groups is 1. The predicted molar refractivity (Wildman–Crippen MR) is 122 cm³/mol. The van der Waals surface area contributed by atoms with Gasteiger partial charge in [0.25, 0.3) is 5.91 Å². The van der Waals surface area contributed by atoms with Crippen molar-refractivity contribution in [1.29, 1.82) is 0 Å². The van der Waals surface area contributed by atoms with Gasteiger partial charge >= 0.3 is 0 Å². The van der Waals surface area contributed by atoms with Gasteiger partial charge in [-0.15, -0.1) is 0 Å². The van der Waals surface area contributed by atoms with E-state index in [1.54, 1.807) is 35.4 Å². The molecule has 168 valence electrons. The van der Waals surface area contributed by atoms with E-state index in [0.29, 0.717) is 16.8 Å². The Hall–Kier alpha value is -3.01. The summed E-state index contributed by atoms with van der Waals surface area (Å²) in [5.41, 5.74) is 7.84. The molecular weight excluding hydrogens is 430 g/mol. The summed E-state index contributed by atoms with van der Waals surface area (Å²) in [4.78, 5) is 26.1. The van der Waals surface area contributed by atoms with E-state index in [1.807, 2.05) is 19.1 Å². The maximum atomic E-state index is 12.8. The minimum Gasteiger partial charge on any atom is -0.381 e. The van der Waals surface area contributed by atoms with Gasteiger partial charge in [-0.25, -0.2) is 9.97 Å². The normalized spacial score (nSPS) is 15.3. The number of benzene rings is 1. The summed E-state index contributed by atoms with van der Waals surface area (Å²) >= 11 is 6.07. The first-order valence-electron chi connectivity index (χ1n) is 10.5. The van der Waals surface area contributed by atoms with Gasteiger partial charge in [-0.05, 0) is 37.5 Å². The van der Waals surface area contributed by atoms with E-state index in [-0.39, 0.29) is 30.2 Å². The molecule has 10 heteroatoms. The number of anilines is 1. The van der Waals surface area contributed by atoms with Crippen molar-refractivity contribution in [2.45, 2.75) is 31.8 Å². The molecule has 1 aliphatic rings. The number of ether oxygens (including phenoxy) is 1. The van der Waals surface area contributed by atoms with Crippen LogP contribution in [0.2, 0.25) is 5.02 Å². The lowest BCUT2D eigenvalue weighted by atomic mass is 10.1. The average Bonchev–Trinajstić information content (AvgIpc) is 3.29. The van der Waals surface area contributed by atoms with Crippen molar-refractivity contribution in [3.05, 3.63) is 64.8 Å². The molecule has 1 aliphatic heterocycles. The van der Waals surface area contributed by atoms with Crippen LogP contribution in [-0.4, -0.2) is 51.2 Å². The number of aryl methyl sites for hydroxylation is 1. The number of nitrogens with zero attached hydrogens (tertiary/aromatic N) is 4. The monoisotopic (exact) mass is 455 g/mol. The fraction of sp³-hybridized carbons (Fsp3) is 0.364. The molecule has 3 aromatic rings. The molecule has 2 aromatic heterocycles. The van der Waals surface area contributed by atoms with E-state index in [2.05, 4.69) is 25.6 Å². The summed E-state index contributed by atoms with van der Waals surface area (Å²) in [6.07, 6.45) is 6.80. The van der Waals surface area contributed by atoms with Gasteiger partial charge in [0.1, 0.15) is 17.8 Å². The molecule has 9 nitrogen and oxygen atoms in total. The lowest BCUT2D eigenvalue weighted by Crippen LogP contribution is -2.33. The highest BCUT2D eigenvalue weighted by atomic mass is 35.5. The quantitative estimate of drug-likeness (QED) is 0.500. The number of nitrogens with one attached hydrogen (secondary N) is 2. The Bertz CT molecular complexity index is 1080. The molecule has 1 fully saturated rings. The number of rotatable bonds is 7. The van der Waals surface area contributed by atoms with E-state index in [4.69, 9.17) is 22.1 Å². The Balaban J connectivity index is 1.49. The molecular formula is C22H26ClN7O2. The molecule has 32 heavy (non-hydrogen) atoms. The fourth-order valence-electron chi connectivity index (χ4n) is 3.58. The van der Waals surface area contributed by atoms with Crippen molar-refractivity contribution in [2.75, 3.05) is 25.1 Å². The zero-order valence-electron chi connectivity index (χ0n) is 17.8. The van der Waals surface area contributed by atoms with Crippen LogP contribution >= 0.6 is 11.6 Å². The first kappa shape index (κ1) is 22.2. The van der Waals surface area contributed by atoms with Gasteiger partial charge in [0.2, 0.25) is 5.95 Å². The second-order valence-electron chi connectivity index (χ2n) is 7.71. The number of carbonyl (C=O) groups excluding carboxylic acids is 1. The van der Waals surface area contributed by atoms with E-state index >= 15 is 0 Å². The summed E-state index contributed by atoms with van der Waals surface area (Å²) in [5, 5.41) is 6.87. The SMILES string of the molecule is Cc1cnc(NC2CCOCC2)nc1-n1cnc(C(=O)N[C@@H](CN)c2cccc(Cl)c2)c1. The van der Waals surface area contributed by atoms with Crippen molar-refractivity contribution in [1.82, 2.24) is 24.8 Å². The molecule has 1 aromatic carbocycles. The van der Waals surface area contributed by atoms with Crippen molar-refractivity contribution in [3.8, 4) is 5.82 Å². The Morgan fingerprint density at radius 1 is 1.34 bits per heavy atom. The van der Waals surface area contributed by atoms with Crippen LogP contribution in [0.3, 0.4) is 0 Å². The molecule has 4 rings (SSSR count). The van der Waals surface area contributed by atoms with Crippen LogP contribution in [-0.2, 0) is 4.74 Å². The van der Waals surface area contributed by atoms with Crippen molar-refractivity contribution >= 4 is 23.5 Å². The molecule has 0 spiro atoms. The van der Waals surface area contributed by atoms with E-state index in [1.165, 1.54) is 0 Å². The number of aromatic nitrogens is 4. The number of amides is 1. The third-order valence-electron chi connectivity index (χ3n) is 5.35. The molecule has 0 bridgehead atoms. The Kier molecular flexibility index (Phi) is 6.99. The Morgan fingerprint density at radius 2 is 2.16 bits per heavy atom. The molecule has 0 aliphatic carbocycles. The average molecular weight is 456 g/mol. The zero-order valence-corrected chi connectivity index (χ0v) is 18.5. The van der Waals surface area contributed by atoms with E-state index < -0.39 is 0 Å². The van der Waals surface area contributed by atoms with Gasteiger partial charge in [0, 0.05) is 48.8 Å². The smallest absolute Gasteiger partial charge is 0.272 e. The van der Waals surface area contributed by atoms with Crippen molar-refractivity contribution < 1.29 is 9.53 Å². The van der Waals surface area contributed by atoms with E-state index in [9.17, 15) is 4.79 Å².